The average Bonchev–Trinajstić information content (AvgIpc) is 1.04. The minimum Gasteiger partial charge on any atom is -0.462 e. The van der Waals surface area contributed by atoms with E-state index in [2.05, 4.69) is 52.0 Å². The number of hydrogen-bond acceptors (Lipinski definition) is 15. The van der Waals surface area contributed by atoms with Gasteiger partial charge >= 0.3 is 39.5 Å². The lowest BCUT2D eigenvalue weighted by Gasteiger charge is -2.21. The van der Waals surface area contributed by atoms with Crippen LogP contribution in [0.4, 0.5) is 0 Å². The highest BCUT2D eigenvalue weighted by Gasteiger charge is 2.30. The number of aliphatic hydroxyl groups is 1. The molecule has 98 heavy (non-hydrogen) atoms. The molecule has 0 saturated heterocycles. The van der Waals surface area contributed by atoms with Gasteiger partial charge in [0.15, 0.2) is 12.2 Å². The molecule has 17 nitrogen and oxygen atoms in total. The molecule has 0 fully saturated rings. The molecule has 0 rings (SSSR count). The quantitative estimate of drug-likeness (QED) is 0.0169. The summed E-state index contributed by atoms with van der Waals surface area (Å²) in [6.45, 7) is 4.96. The molecule has 0 aliphatic heterocycles. The third kappa shape index (κ3) is 71.9. The van der Waals surface area contributed by atoms with E-state index >= 15 is 0 Å². The second-order valence-electron chi connectivity index (χ2n) is 27.7. The summed E-state index contributed by atoms with van der Waals surface area (Å²) < 4.78 is 68.6. The minimum absolute atomic E-state index is 0.0960. The summed E-state index contributed by atoms with van der Waals surface area (Å²) in [5, 5.41) is 10.6. The van der Waals surface area contributed by atoms with Crippen LogP contribution in [0.1, 0.15) is 400 Å². The van der Waals surface area contributed by atoms with Crippen LogP contribution in [-0.2, 0) is 65.4 Å². The van der Waals surface area contributed by atoms with Gasteiger partial charge in [0.2, 0.25) is 0 Å². The van der Waals surface area contributed by atoms with Crippen molar-refractivity contribution in [1.82, 2.24) is 0 Å². The summed E-state index contributed by atoms with van der Waals surface area (Å²) in [6.07, 6.45) is 67.1. The van der Waals surface area contributed by atoms with Gasteiger partial charge in [0, 0.05) is 25.7 Å². The second-order valence-corrected chi connectivity index (χ2v) is 30.6. The van der Waals surface area contributed by atoms with Crippen molar-refractivity contribution in [2.75, 3.05) is 39.6 Å². The molecule has 0 saturated carbocycles. The van der Waals surface area contributed by atoms with Gasteiger partial charge in [-0.15, -0.1) is 0 Å². The van der Waals surface area contributed by atoms with Crippen molar-refractivity contribution in [2.45, 2.75) is 418 Å². The van der Waals surface area contributed by atoms with Gasteiger partial charge in [0.25, 0.3) is 0 Å². The van der Waals surface area contributed by atoms with Gasteiger partial charge in [-0.2, -0.15) is 0 Å². The number of phosphoric acid groups is 2. The van der Waals surface area contributed by atoms with Gasteiger partial charge in [0.05, 0.1) is 26.4 Å². The normalized spacial score (nSPS) is 14.0. The lowest BCUT2D eigenvalue weighted by atomic mass is 10.0. The first-order valence-electron chi connectivity index (χ1n) is 40.6. The first-order chi connectivity index (χ1) is 47.7. The van der Waals surface area contributed by atoms with Crippen LogP contribution in [0.3, 0.4) is 0 Å². The Morgan fingerprint density at radius 1 is 0.276 bits per heavy atom. The van der Waals surface area contributed by atoms with E-state index in [1.807, 2.05) is 0 Å². The van der Waals surface area contributed by atoms with E-state index in [-0.39, 0.29) is 25.7 Å². The monoisotopic (exact) mass is 1430 g/mol. The molecular weight excluding hydrogens is 1280 g/mol. The van der Waals surface area contributed by atoms with Crippen molar-refractivity contribution in [2.24, 2.45) is 0 Å². The van der Waals surface area contributed by atoms with Gasteiger partial charge in [-0.3, -0.25) is 37.3 Å². The van der Waals surface area contributed by atoms with Crippen molar-refractivity contribution in [3.63, 3.8) is 0 Å². The van der Waals surface area contributed by atoms with E-state index in [1.165, 1.54) is 186 Å². The zero-order valence-corrected chi connectivity index (χ0v) is 65.0. The van der Waals surface area contributed by atoms with Crippen LogP contribution in [-0.4, -0.2) is 96.7 Å². The van der Waals surface area contributed by atoms with Crippen LogP contribution in [0.5, 0.6) is 0 Å². The molecule has 578 valence electrons. The number of phosphoric ester groups is 2. The van der Waals surface area contributed by atoms with E-state index in [0.717, 1.165) is 135 Å². The highest BCUT2D eigenvalue weighted by Crippen LogP contribution is 2.45. The zero-order valence-electron chi connectivity index (χ0n) is 63.2. The predicted octanol–water partition coefficient (Wildman–Crippen LogP) is 23.3. The van der Waals surface area contributed by atoms with E-state index in [9.17, 15) is 43.2 Å². The third-order valence-corrected chi connectivity index (χ3v) is 19.8. The van der Waals surface area contributed by atoms with Crippen LogP contribution in [0, 0.1) is 0 Å². The van der Waals surface area contributed by atoms with E-state index in [0.29, 0.717) is 25.7 Å². The number of hydrogen-bond donors (Lipinski definition) is 3. The number of aliphatic hydroxyl groups excluding tert-OH is 1. The fraction of sp³-hybridized carbons (Fsp3) is 0.899. The summed E-state index contributed by atoms with van der Waals surface area (Å²) in [5.74, 6) is -2.13. The van der Waals surface area contributed by atoms with Crippen molar-refractivity contribution in [1.29, 1.82) is 0 Å². The Bertz CT molecular complexity index is 1950. The Morgan fingerprint density at radius 3 is 0.714 bits per heavy atom. The predicted molar refractivity (Wildman–Crippen MR) is 400 cm³/mol. The lowest BCUT2D eigenvalue weighted by molar-refractivity contribution is -0.161. The molecule has 0 aromatic rings. The third-order valence-electron chi connectivity index (χ3n) is 17.9. The Balaban J connectivity index is 5.30. The molecule has 0 aliphatic rings. The summed E-state index contributed by atoms with van der Waals surface area (Å²) in [4.78, 5) is 73.0. The number of carbonyl (C=O) groups excluding carboxylic acids is 4. The van der Waals surface area contributed by atoms with Crippen LogP contribution in [0.2, 0.25) is 0 Å². The highest BCUT2D eigenvalue weighted by atomic mass is 31.2. The maximum atomic E-state index is 13.1. The molecular formula is C79H150O17P2. The van der Waals surface area contributed by atoms with Gasteiger partial charge < -0.3 is 33.8 Å². The maximum Gasteiger partial charge on any atom is 0.472 e. The Labute approximate surface area is 599 Å². The lowest BCUT2D eigenvalue weighted by Crippen LogP contribution is -2.30. The van der Waals surface area contributed by atoms with Gasteiger partial charge in [-0.1, -0.05) is 322 Å². The molecule has 0 radical (unpaired) electrons. The molecule has 0 heterocycles. The summed E-state index contributed by atoms with van der Waals surface area (Å²) in [6, 6.07) is 0. The highest BCUT2D eigenvalue weighted by molar-refractivity contribution is 7.47. The van der Waals surface area contributed by atoms with Crippen LogP contribution in [0.15, 0.2) is 24.3 Å². The molecule has 0 amide bonds. The van der Waals surface area contributed by atoms with Crippen LogP contribution >= 0.6 is 15.6 Å². The van der Waals surface area contributed by atoms with E-state index in [4.69, 9.17) is 37.0 Å². The molecule has 2 unspecified atom stereocenters. The average molecular weight is 1430 g/mol. The zero-order chi connectivity index (χ0) is 71.8. The molecule has 0 bridgehead atoms. The summed E-state index contributed by atoms with van der Waals surface area (Å²) >= 11 is 0. The summed E-state index contributed by atoms with van der Waals surface area (Å²) in [5.41, 5.74) is 0. The molecule has 19 heteroatoms. The fourth-order valence-corrected chi connectivity index (χ4v) is 13.3. The molecule has 0 aliphatic carbocycles. The van der Waals surface area contributed by atoms with E-state index in [1.54, 1.807) is 0 Å². The largest absolute Gasteiger partial charge is 0.472 e. The molecule has 0 aromatic heterocycles. The first kappa shape index (κ1) is 95.5. The van der Waals surface area contributed by atoms with Crippen molar-refractivity contribution in [3.8, 4) is 0 Å². The standard InChI is InChI=1S/C79H150O17P2/c1-5-9-13-17-21-25-29-33-36-40-44-48-52-56-60-64-77(82)90-70-75(96-79(84)66-62-58-54-50-46-42-38-35-31-27-23-19-15-11-7-3)72-94-98(87,88)92-68-73(80)67-91-97(85,86)93-71-74(69-89-76(81)63-59-55-51-47-43-39-32-28-24-20-16-12-8-4)95-78(83)65-61-57-53-49-45-41-37-34-30-26-22-18-14-10-6-2/h27,31,33,36,73-75,80H,5-26,28-30,32,34-35,37-72H2,1-4H3,(H,85,86)(H,87,88)/b31-27-,36-33-/t73-,74+,75+/m0/s1. The SMILES string of the molecule is CCCCCC/C=C\CCCCCCCCCC(=O)O[C@H](COC(=O)CCCCCCC/C=C\CCCCCCCC)COP(=O)(O)OC[C@@H](O)COP(=O)(O)OC[C@@H](COC(=O)CCCCCCCCCCCCCCC)OC(=O)CCCCCCCCCCCCCCCCC. The number of rotatable bonds is 78. The van der Waals surface area contributed by atoms with Gasteiger partial charge in [-0.25, -0.2) is 9.13 Å². The first-order valence-corrected chi connectivity index (χ1v) is 43.6. The molecule has 5 atom stereocenters. The number of allylic oxidation sites excluding steroid dienone is 4. The Kier molecular flexibility index (Phi) is 71.0. The number of carbonyl (C=O) groups is 4. The Hall–Kier alpha value is -2.46. The molecule has 0 aromatic carbocycles. The van der Waals surface area contributed by atoms with Gasteiger partial charge in [0.1, 0.15) is 19.3 Å². The number of ether oxygens (including phenoxy) is 4. The smallest absolute Gasteiger partial charge is 0.462 e. The Morgan fingerprint density at radius 2 is 0.469 bits per heavy atom. The van der Waals surface area contributed by atoms with E-state index < -0.39 is 97.5 Å². The van der Waals surface area contributed by atoms with Crippen molar-refractivity contribution in [3.05, 3.63) is 24.3 Å². The van der Waals surface area contributed by atoms with Crippen LogP contribution in [0.25, 0.3) is 0 Å². The molecule has 3 N–H and O–H groups in total. The molecule has 0 spiro atoms. The minimum atomic E-state index is -4.97. The fourth-order valence-electron chi connectivity index (χ4n) is 11.7. The number of unbranched alkanes of at least 4 members (excludes halogenated alkanes) is 48. The van der Waals surface area contributed by atoms with Crippen LogP contribution < -0.4 is 0 Å². The second kappa shape index (κ2) is 72.9. The maximum absolute atomic E-state index is 13.1. The number of esters is 4. The van der Waals surface area contributed by atoms with Gasteiger partial charge in [-0.05, 0) is 77.0 Å². The van der Waals surface area contributed by atoms with Crippen molar-refractivity contribution >= 4 is 39.5 Å². The topological polar surface area (TPSA) is 237 Å². The van der Waals surface area contributed by atoms with Crippen molar-refractivity contribution < 1.29 is 80.2 Å². The summed E-state index contributed by atoms with van der Waals surface area (Å²) in [7, 11) is -9.93.